The molecule has 1 aromatic heterocycles. The SMILES string of the molecule is COc1ccc(C(NN)c2cc3c(s2)CCCC3)c(C)c1. The number of benzene rings is 1. The summed E-state index contributed by atoms with van der Waals surface area (Å²) in [6.07, 6.45) is 5.06. The normalized spacial score (nSPS) is 15.6. The zero-order valence-corrected chi connectivity index (χ0v) is 13.4. The Hall–Kier alpha value is -1.36. The van der Waals surface area contributed by atoms with Crippen LogP contribution in [0.5, 0.6) is 5.75 Å². The molecule has 2 aromatic rings. The molecule has 0 spiro atoms. The first-order valence-corrected chi connectivity index (χ1v) is 8.26. The summed E-state index contributed by atoms with van der Waals surface area (Å²) >= 11 is 1.91. The molecule has 1 aliphatic rings. The maximum Gasteiger partial charge on any atom is 0.119 e. The Morgan fingerprint density at radius 2 is 2.05 bits per heavy atom. The maximum atomic E-state index is 5.86. The van der Waals surface area contributed by atoms with Crippen LogP contribution >= 0.6 is 11.3 Å². The molecule has 0 fully saturated rings. The van der Waals surface area contributed by atoms with Gasteiger partial charge in [-0.05, 0) is 67.5 Å². The van der Waals surface area contributed by atoms with E-state index < -0.39 is 0 Å². The number of aryl methyl sites for hydroxylation is 3. The van der Waals surface area contributed by atoms with Gasteiger partial charge in [0.2, 0.25) is 0 Å². The van der Waals surface area contributed by atoms with Crippen molar-refractivity contribution in [2.75, 3.05) is 7.11 Å². The highest BCUT2D eigenvalue weighted by Gasteiger charge is 2.21. The summed E-state index contributed by atoms with van der Waals surface area (Å²) < 4.78 is 5.29. The topological polar surface area (TPSA) is 47.3 Å². The van der Waals surface area contributed by atoms with Gasteiger partial charge in [-0.15, -0.1) is 11.3 Å². The quantitative estimate of drug-likeness (QED) is 0.671. The Labute approximate surface area is 130 Å². The molecule has 0 saturated heterocycles. The van der Waals surface area contributed by atoms with Crippen LogP contribution in [0.3, 0.4) is 0 Å². The smallest absolute Gasteiger partial charge is 0.119 e. The minimum Gasteiger partial charge on any atom is -0.497 e. The third-order valence-electron chi connectivity index (χ3n) is 4.25. The zero-order valence-electron chi connectivity index (χ0n) is 12.6. The number of hydrazine groups is 1. The van der Waals surface area contributed by atoms with Gasteiger partial charge in [-0.25, -0.2) is 5.43 Å². The number of nitrogens with one attached hydrogen (secondary N) is 1. The fourth-order valence-electron chi connectivity index (χ4n) is 3.08. The van der Waals surface area contributed by atoms with Crippen LogP contribution in [0.2, 0.25) is 0 Å². The van der Waals surface area contributed by atoms with Crippen LogP contribution in [-0.4, -0.2) is 7.11 Å². The average Bonchev–Trinajstić information content (AvgIpc) is 2.93. The second-order valence-corrected chi connectivity index (χ2v) is 6.79. The standard InChI is InChI=1S/C17H22N2OS/c1-11-9-13(20-2)7-8-14(11)17(19-18)16-10-12-5-3-4-6-15(12)21-16/h7-10,17,19H,3-6,18H2,1-2H3. The number of hydrogen-bond donors (Lipinski definition) is 2. The zero-order chi connectivity index (χ0) is 14.8. The first-order valence-electron chi connectivity index (χ1n) is 7.45. The summed E-state index contributed by atoms with van der Waals surface area (Å²) in [5.41, 5.74) is 6.93. The first kappa shape index (κ1) is 14.6. The van der Waals surface area contributed by atoms with E-state index in [4.69, 9.17) is 10.6 Å². The van der Waals surface area contributed by atoms with Gasteiger partial charge in [-0.2, -0.15) is 0 Å². The summed E-state index contributed by atoms with van der Waals surface area (Å²) in [5.74, 6) is 6.75. The molecular formula is C17H22N2OS. The molecule has 3 rings (SSSR count). The fourth-order valence-corrected chi connectivity index (χ4v) is 4.42. The molecule has 112 valence electrons. The van der Waals surface area contributed by atoms with Gasteiger partial charge in [0.25, 0.3) is 0 Å². The predicted molar refractivity (Wildman–Crippen MR) is 87.9 cm³/mol. The number of rotatable bonds is 4. The maximum absolute atomic E-state index is 5.86. The monoisotopic (exact) mass is 302 g/mol. The second-order valence-electron chi connectivity index (χ2n) is 5.63. The van der Waals surface area contributed by atoms with E-state index in [0.29, 0.717) is 0 Å². The van der Waals surface area contributed by atoms with E-state index in [1.165, 1.54) is 47.3 Å². The molecule has 1 aromatic carbocycles. The van der Waals surface area contributed by atoms with E-state index in [-0.39, 0.29) is 6.04 Å². The first-order chi connectivity index (χ1) is 10.2. The van der Waals surface area contributed by atoms with Crippen molar-refractivity contribution in [3.05, 3.63) is 50.7 Å². The van der Waals surface area contributed by atoms with Gasteiger partial charge in [0.1, 0.15) is 5.75 Å². The van der Waals surface area contributed by atoms with Gasteiger partial charge in [0, 0.05) is 9.75 Å². The lowest BCUT2D eigenvalue weighted by atomic mass is 9.96. The molecule has 0 amide bonds. The van der Waals surface area contributed by atoms with Gasteiger partial charge in [-0.1, -0.05) is 6.07 Å². The van der Waals surface area contributed by atoms with Crippen LogP contribution in [0.1, 0.15) is 45.3 Å². The van der Waals surface area contributed by atoms with E-state index in [9.17, 15) is 0 Å². The molecule has 3 N–H and O–H groups in total. The van der Waals surface area contributed by atoms with Crippen molar-refractivity contribution >= 4 is 11.3 Å². The van der Waals surface area contributed by atoms with Crippen molar-refractivity contribution in [3.8, 4) is 5.75 Å². The van der Waals surface area contributed by atoms with Crippen molar-refractivity contribution in [1.82, 2.24) is 5.43 Å². The van der Waals surface area contributed by atoms with Gasteiger partial charge >= 0.3 is 0 Å². The molecule has 1 aliphatic carbocycles. The highest BCUT2D eigenvalue weighted by Crippen LogP contribution is 2.36. The number of fused-ring (bicyclic) bond motifs is 1. The molecule has 4 heteroatoms. The Morgan fingerprint density at radius 3 is 2.71 bits per heavy atom. The van der Waals surface area contributed by atoms with Crippen LogP contribution in [-0.2, 0) is 12.8 Å². The van der Waals surface area contributed by atoms with Crippen LogP contribution in [0.4, 0.5) is 0 Å². The molecule has 0 bridgehead atoms. The Bertz CT molecular complexity index is 612. The number of nitrogens with two attached hydrogens (primary N) is 1. The Kier molecular flexibility index (Phi) is 4.29. The van der Waals surface area contributed by atoms with Crippen LogP contribution in [0.25, 0.3) is 0 Å². The molecule has 0 saturated carbocycles. The third kappa shape index (κ3) is 2.84. The number of hydrogen-bond acceptors (Lipinski definition) is 4. The summed E-state index contributed by atoms with van der Waals surface area (Å²) in [7, 11) is 1.69. The highest BCUT2D eigenvalue weighted by molar-refractivity contribution is 7.12. The van der Waals surface area contributed by atoms with Gasteiger partial charge in [0.15, 0.2) is 0 Å². The van der Waals surface area contributed by atoms with Gasteiger partial charge in [-0.3, -0.25) is 5.84 Å². The molecule has 21 heavy (non-hydrogen) atoms. The number of methoxy groups -OCH3 is 1. The molecule has 0 aliphatic heterocycles. The van der Waals surface area contributed by atoms with E-state index in [1.54, 1.807) is 12.0 Å². The predicted octanol–water partition coefficient (Wildman–Crippen LogP) is 3.50. The van der Waals surface area contributed by atoms with Gasteiger partial charge in [0.05, 0.1) is 13.2 Å². The van der Waals surface area contributed by atoms with Crippen molar-refractivity contribution in [2.45, 2.75) is 38.6 Å². The van der Waals surface area contributed by atoms with Crippen molar-refractivity contribution in [1.29, 1.82) is 0 Å². The molecule has 0 radical (unpaired) electrons. The van der Waals surface area contributed by atoms with Crippen LogP contribution in [0, 0.1) is 6.92 Å². The molecule has 1 heterocycles. The minimum absolute atomic E-state index is 0.0616. The second kappa shape index (κ2) is 6.18. The summed E-state index contributed by atoms with van der Waals surface area (Å²) in [4.78, 5) is 2.86. The number of ether oxygens (including phenoxy) is 1. The summed E-state index contributed by atoms with van der Waals surface area (Å²) in [6, 6.07) is 8.57. The average molecular weight is 302 g/mol. The summed E-state index contributed by atoms with van der Waals surface area (Å²) in [6.45, 7) is 2.11. The van der Waals surface area contributed by atoms with E-state index >= 15 is 0 Å². The lowest BCUT2D eigenvalue weighted by Crippen LogP contribution is -2.28. The fraction of sp³-hybridized carbons (Fsp3) is 0.412. The van der Waals surface area contributed by atoms with Crippen molar-refractivity contribution in [2.24, 2.45) is 5.84 Å². The molecule has 3 nitrogen and oxygen atoms in total. The van der Waals surface area contributed by atoms with E-state index in [0.717, 1.165) is 5.75 Å². The molecule has 1 atom stereocenters. The van der Waals surface area contributed by atoms with Crippen LogP contribution < -0.4 is 16.0 Å². The van der Waals surface area contributed by atoms with Crippen molar-refractivity contribution < 1.29 is 4.74 Å². The number of thiophene rings is 1. The molecule has 1 unspecified atom stereocenters. The highest BCUT2D eigenvalue weighted by atomic mass is 32.1. The minimum atomic E-state index is 0.0616. The van der Waals surface area contributed by atoms with E-state index in [1.807, 2.05) is 17.4 Å². The lowest BCUT2D eigenvalue weighted by Gasteiger charge is -2.18. The Balaban J connectivity index is 1.96. The van der Waals surface area contributed by atoms with Crippen LogP contribution in [0.15, 0.2) is 24.3 Å². The largest absolute Gasteiger partial charge is 0.497 e. The third-order valence-corrected chi connectivity index (χ3v) is 5.56. The van der Waals surface area contributed by atoms with E-state index in [2.05, 4.69) is 30.5 Å². The Morgan fingerprint density at radius 1 is 1.24 bits per heavy atom. The van der Waals surface area contributed by atoms with Crippen molar-refractivity contribution in [3.63, 3.8) is 0 Å². The lowest BCUT2D eigenvalue weighted by molar-refractivity contribution is 0.414. The van der Waals surface area contributed by atoms with Gasteiger partial charge < -0.3 is 4.74 Å². The summed E-state index contributed by atoms with van der Waals surface area (Å²) in [5, 5.41) is 0. The molecular weight excluding hydrogens is 280 g/mol.